The molecule has 0 N–H and O–H groups in total. The minimum absolute atomic E-state index is 0.194. The van der Waals surface area contributed by atoms with E-state index in [0.717, 1.165) is 19.3 Å². The Hall–Kier alpha value is -0.550. The molecule has 0 rings (SSSR count). The van der Waals surface area contributed by atoms with E-state index < -0.39 is 0 Å². The van der Waals surface area contributed by atoms with Gasteiger partial charge in [-0.2, -0.15) is 5.26 Å². The van der Waals surface area contributed by atoms with Gasteiger partial charge in [0.05, 0.1) is 12.0 Å². The standard InChI is InChI=1S/C10H20N2/c1-5-7-10(12(3)4)9(6-2)8-11/h9-10H,5-7H2,1-4H3. The Labute approximate surface area is 76.2 Å². The lowest BCUT2D eigenvalue weighted by atomic mass is 9.94. The van der Waals surface area contributed by atoms with Crippen molar-refractivity contribution in [1.29, 1.82) is 5.26 Å². The first-order chi connectivity index (χ1) is 5.67. The topological polar surface area (TPSA) is 27.0 Å². The van der Waals surface area contributed by atoms with Crippen molar-refractivity contribution in [2.24, 2.45) is 5.92 Å². The van der Waals surface area contributed by atoms with Gasteiger partial charge in [0.25, 0.3) is 0 Å². The van der Waals surface area contributed by atoms with Gasteiger partial charge in [0.15, 0.2) is 0 Å². The maximum Gasteiger partial charge on any atom is 0.0672 e. The molecule has 0 fully saturated rings. The second-order valence-corrected chi connectivity index (χ2v) is 3.46. The lowest BCUT2D eigenvalue weighted by Crippen LogP contribution is -2.34. The molecule has 0 aliphatic carbocycles. The molecule has 12 heavy (non-hydrogen) atoms. The Kier molecular flexibility index (Phi) is 5.74. The smallest absolute Gasteiger partial charge is 0.0672 e. The molecule has 0 radical (unpaired) electrons. The summed E-state index contributed by atoms with van der Waals surface area (Å²) >= 11 is 0. The average Bonchev–Trinajstić information content (AvgIpc) is 2.05. The molecule has 0 saturated carbocycles. The summed E-state index contributed by atoms with van der Waals surface area (Å²) in [7, 11) is 4.11. The highest BCUT2D eigenvalue weighted by atomic mass is 15.1. The van der Waals surface area contributed by atoms with Crippen LogP contribution in [0.15, 0.2) is 0 Å². The molecule has 0 saturated heterocycles. The van der Waals surface area contributed by atoms with Gasteiger partial charge in [0.2, 0.25) is 0 Å². The molecule has 0 amide bonds. The Morgan fingerprint density at radius 1 is 1.33 bits per heavy atom. The van der Waals surface area contributed by atoms with E-state index in [2.05, 4.69) is 38.9 Å². The van der Waals surface area contributed by atoms with Crippen molar-refractivity contribution in [2.45, 2.75) is 39.2 Å². The van der Waals surface area contributed by atoms with Gasteiger partial charge in [-0.05, 0) is 26.9 Å². The van der Waals surface area contributed by atoms with Gasteiger partial charge in [-0.25, -0.2) is 0 Å². The van der Waals surface area contributed by atoms with Crippen molar-refractivity contribution in [2.75, 3.05) is 14.1 Å². The molecule has 2 atom stereocenters. The van der Waals surface area contributed by atoms with Crippen LogP contribution in [0.3, 0.4) is 0 Å². The summed E-state index contributed by atoms with van der Waals surface area (Å²) in [5, 5.41) is 8.90. The molecule has 0 spiro atoms. The zero-order chi connectivity index (χ0) is 9.56. The SMILES string of the molecule is CCCC(C(C#N)CC)N(C)C. The molecule has 0 bridgehead atoms. The Bertz CT molecular complexity index is 146. The Morgan fingerprint density at radius 2 is 1.92 bits per heavy atom. The second-order valence-electron chi connectivity index (χ2n) is 3.46. The van der Waals surface area contributed by atoms with Crippen molar-refractivity contribution in [1.82, 2.24) is 4.90 Å². The van der Waals surface area contributed by atoms with Crippen LogP contribution >= 0.6 is 0 Å². The lowest BCUT2D eigenvalue weighted by molar-refractivity contribution is 0.223. The zero-order valence-electron chi connectivity index (χ0n) is 8.67. The summed E-state index contributed by atoms with van der Waals surface area (Å²) in [6, 6.07) is 2.81. The van der Waals surface area contributed by atoms with Crippen LogP contribution in [0, 0.1) is 17.2 Å². The largest absolute Gasteiger partial charge is 0.305 e. The predicted molar refractivity (Wildman–Crippen MR) is 51.8 cm³/mol. The van der Waals surface area contributed by atoms with Crippen molar-refractivity contribution >= 4 is 0 Å². The van der Waals surface area contributed by atoms with Crippen LogP contribution in [0.2, 0.25) is 0 Å². The third kappa shape index (κ3) is 3.23. The van der Waals surface area contributed by atoms with Crippen molar-refractivity contribution in [3.05, 3.63) is 0 Å². The summed E-state index contributed by atoms with van der Waals surface area (Å²) in [6.45, 7) is 4.25. The highest BCUT2D eigenvalue weighted by molar-refractivity contribution is 4.90. The quantitative estimate of drug-likeness (QED) is 0.629. The number of nitrogens with zero attached hydrogens (tertiary/aromatic N) is 2. The molecule has 2 nitrogen and oxygen atoms in total. The van der Waals surface area contributed by atoms with E-state index in [4.69, 9.17) is 5.26 Å². The van der Waals surface area contributed by atoms with E-state index in [0.29, 0.717) is 6.04 Å². The highest BCUT2D eigenvalue weighted by Crippen LogP contribution is 2.16. The maximum absolute atomic E-state index is 8.90. The Balaban J connectivity index is 4.17. The molecule has 0 aromatic carbocycles. The summed E-state index contributed by atoms with van der Waals surface area (Å²) in [5.41, 5.74) is 0. The number of nitriles is 1. The fraction of sp³-hybridized carbons (Fsp3) is 0.900. The van der Waals surface area contributed by atoms with E-state index in [1.54, 1.807) is 0 Å². The van der Waals surface area contributed by atoms with Crippen molar-refractivity contribution in [3.63, 3.8) is 0 Å². The van der Waals surface area contributed by atoms with Crippen LogP contribution < -0.4 is 0 Å². The summed E-state index contributed by atoms with van der Waals surface area (Å²) in [5.74, 6) is 0.194. The predicted octanol–water partition coefficient (Wildman–Crippen LogP) is 2.27. The minimum Gasteiger partial charge on any atom is -0.305 e. The summed E-state index contributed by atoms with van der Waals surface area (Å²) in [4.78, 5) is 2.17. The maximum atomic E-state index is 8.90. The molecule has 0 aliphatic heterocycles. The molecule has 0 aromatic rings. The molecule has 2 heteroatoms. The average molecular weight is 168 g/mol. The first kappa shape index (κ1) is 11.4. The molecule has 0 heterocycles. The molecular formula is C10H20N2. The molecule has 0 aliphatic rings. The van der Waals surface area contributed by atoms with Gasteiger partial charge >= 0.3 is 0 Å². The fourth-order valence-corrected chi connectivity index (χ4v) is 1.56. The highest BCUT2D eigenvalue weighted by Gasteiger charge is 2.20. The van der Waals surface area contributed by atoms with Crippen LogP contribution in [0.1, 0.15) is 33.1 Å². The summed E-state index contributed by atoms with van der Waals surface area (Å²) < 4.78 is 0. The van der Waals surface area contributed by atoms with Gasteiger partial charge in [0.1, 0.15) is 0 Å². The zero-order valence-corrected chi connectivity index (χ0v) is 8.67. The molecule has 2 unspecified atom stereocenters. The minimum atomic E-state index is 0.194. The van der Waals surface area contributed by atoms with E-state index in [9.17, 15) is 0 Å². The van der Waals surface area contributed by atoms with E-state index in [1.165, 1.54) is 0 Å². The Morgan fingerprint density at radius 3 is 2.17 bits per heavy atom. The van der Waals surface area contributed by atoms with E-state index in [-0.39, 0.29) is 5.92 Å². The number of hydrogen-bond acceptors (Lipinski definition) is 2. The first-order valence-electron chi connectivity index (χ1n) is 4.73. The van der Waals surface area contributed by atoms with Crippen molar-refractivity contribution in [3.8, 4) is 6.07 Å². The number of hydrogen-bond donors (Lipinski definition) is 0. The van der Waals surface area contributed by atoms with Gasteiger partial charge in [0, 0.05) is 6.04 Å². The second kappa shape index (κ2) is 6.02. The van der Waals surface area contributed by atoms with Crippen LogP contribution in [0.25, 0.3) is 0 Å². The molecule has 0 aromatic heterocycles. The van der Waals surface area contributed by atoms with Crippen LogP contribution in [0.5, 0.6) is 0 Å². The summed E-state index contributed by atoms with van der Waals surface area (Å²) in [6.07, 6.45) is 3.24. The van der Waals surface area contributed by atoms with Gasteiger partial charge < -0.3 is 4.90 Å². The molecular weight excluding hydrogens is 148 g/mol. The van der Waals surface area contributed by atoms with E-state index in [1.807, 2.05) is 0 Å². The van der Waals surface area contributed by atoms with Gasteiger partial charge in [-0.15, -0.1) is 0 Å². The van der Waals surface area contributed by atoms with Crippen LogP contribution in [-0.4, -0.2) is 25.0 Å². The monoisotopic (exact) mass is 168 g/mol. The number of rotatable bonds is 5. The first-order valence-corrected chi connectivity index (χ1v) is 4.73. The van der Waals surface area contributed by atoms with E-state index >= 15 is 0 Å². The van der Waals surface area contributed by atoms with Crippen molar-refractivity contribution < 1.29 is 0 Å². The third-order valence-electron chi connectivity index (χ3n) is 2.32. The van der Waals surface area contributed by atoms with Gasteiger partial charge in [-0.1, -0.05) is 20.3 Å². The van der Waals surface area contributed by atoms with Gasteiger partial charge in [-0.3, -0.25) is 0 Å². The molecule has 70 valence electrons. The fourth-order valence-electron chi connectivity index (χ4n) is 1.56. The normalized spacial score (nSPS) is 15.7. The lowest BCUT2D eigenvalue weighted by Gasteiger charge is -2.27. The van der Waals surface area contributed by atoms with Crippen LogP contribution in [0.4, 0.5) is 0 Å². The third-order valence-corrected chi connectivity index (χ3v) is 2.32. The van der Waals surface area contributed by atoms with Crippen LogP contribution in [-0.2, 0) is 0 Å².